The van der Waals surface area contributed by atoms with Crippen molar-refractivity contribution in [1.82, 2.24) is 15.2 Å². The van der Waals surface area contributed by atoms with E-state index in [0.29, 0.717) is 0 Å². The lowest BCUT2D eigenvalue weighted by Gasteiger charge is -2.28. The first-order valence-electron chi connectivity index (χ1n) is 7.92. The van der Waals surface area contributed by atoms with E-state index in [4.69, 9.17) is 9.72 Å². The summed E-state index contributed by atoms with van der Waals surface area (Å²) in [5.41, 5.74) is 1.39. The Bertz CT molecular complexity index is 453. The molecule has 0 bridgehead atoms. The molecule has 1 aliphatic rings. The third kappa shape index (κ3) is 5.02. The zero-order chi connectivity index (χ0) is 15.5. The van der Waals surface area contributed by atoms with Crippen LogP contribution in [0.15, 0.2) is 0 Å². The Hall–Kier alpha value is -0.490. The summed E-state index contributed by atoms with van der Waals surface area (Å²) in [4.78, 5) is 8.58. The Balaban J connectivity index is 2.12. The second-order valence-corrected chi connectivity index (χ2v) is 8.01. The van der Waals surface area contributed by atoms with Gasteiger partial charge in [0.25, 0.3) is 0 Å². The summed E-state index contributed by atoms with van der Waals surface area (Å²) in [6.07, 6.45) is 2.34. The maximum atomic E-state index is 5.91. The number of rotatable bonds is 5. The molecule has 1 saturated heterocycles. The zero-order valence-electron chi connectivity index (χ0n) is 14.0. The molecule has 1 aromatic heterocycles. The van der Waals surface area contributed by atoms with Gasteiger partial charge in [-0.1, -0.05) is 13.3 Å². The molecule has 1 N–H and O–H groups in total. The van der Waals surface area contributed by atoms with Gasteiger partial charge >= 0.3 is 0 Å². The number of thiazole rings is 1. The first-order chi connectivity index (χ1) is 9.89. The van der Waals surface area contributed by atoms with Gasteiger partial charge in [0.15, 0.2) is 0 Å². The van der Waals surface area contributed by atoms with E-state index in [1.807, 2.05) is 11.3 Å². The van der Waals surface area contributed by atoms with Crippen molar-refractivity contribution in [3.63, 3.8) is 0 Å². The molecule has 1 unspecified atom stereocenters. The largest absolute Gasteiger partial charge is 0.368 e. The predicted octanol–water partition coefficient (Wildman–Crippen LogP) is 2.99. The van der Waals surface area contributed by atoms with E-state index in [1.165, 1.54) is 10.6 Å². The maximum absolute atomic E-state index is 5.91. The van der Waals surface area contributed by atoms with Crippen molar-refractivity contribution >= 4 is 11.3 Å². The van der Waals surface area contributed by atoms with Crippen LogP contribution in [0.4, 0.5) is 0 Å². The first kappa shape index (κ1) is 16.9. The molecule has 0 radical (unpaired) electrons. The van der Waals surface area contributed by atoms with E-state index in [0.717, 1.165) is 44.1 Å². The molecular formula is C16H29N3OS. The number of likely N-dealkylation sites (N-methyl/N-ethyl adjacent to an activating group) is 1. The summed E-state index contributed by atoms with van der Waals surface area (Å²) in [5, 5.41) is 4.73. The lowest BCUT2D eigenvalue weighted by atomic mass is 10.1. The average molecular weight is 311 g/mol. The van der Waals surface area contributed by atoms with Crippen LogP contribution in [-0.2, 0) is 17.7 Å². The molecule has 1 aromatic rings. The van der Waals surface area contributed by atoms with Crippen molar-refractivity contribution in [1.29, 1.82) is 0 Å². The molecule has 0 amide bonds. The van der Waals surface area contributed by atoms with Gasteiger partial charge in [-0.05, 0) is 34.2 Å². The highest BCUT2D eigenvalue weighted by atomic mass is 32.1. The van der Waals surface area contributed by atoms with Crippen LogP contribution in [0.25, 0.3) is 0 Å². The van der Waals surface area contributed by atoms with Crippen molar-refractivity contribution in [3.8, 4) is 0 Å². The summed E-state index contributed by atoms with van der Waals surface area (Å²) >= 11 is 1.82. The highest BCUT2D eigenvalue weighted by Crippen LogP contribution is 2.29. The van der Waals surface area contributed by atoms with Crippen molar-refractivity contribution < 1.29 is 4.74 Å². The van der Waals surface area contributed by atoms with Gasteiger partial charge in [-0.3, -0.25) is 0 Å². The SMILES string of the molecule is CCCc1nc(C2CN(C)CCO2)sc1CNC(C)(C)C. The number of nitrogens with one attached hydrogen (secondary N) is 1. The van der Waals surface area contributed by atoms with E-state index in [2.05, 4.69) is 45.0 Å². The van der Waals surface area contributed by atoms with Gasteiger partial charge in [0.05, 0.1) is 12.3 Å². The lowest BCUT2D eigenvalue weighted by molar-refractivity contribution is -0.0210. The Labute approximate surface area is 132 Å². The third-order valence-corrected chi connectivity index (χ3v) is 4.80. The molecule has 1 fully saturated rings. The fourth-order valence-electron chi connectivity index (χ4n) is 2.38. The summed E-state index contributed by atoms with van der Waals surface area (Å²) in [5.74, 6) is 0. The summed E-state index contributed by atoms with van der Waals surface area (Å²) in [7, 11) is 2.15. The minimum atomic E-state index is 0.134. The molecule has 2 heterocycles. The number of morpholine rings is 1. The normalized spacial score (nSPS) is 20.9. The van der Waals surface area contributed by atoms with Gasteiger partial charge in [-0.2, -0.15) is 0 Å². The Morgan fingerprint density at radius 3 is 2.81 bits per heavy atom. The van der Waals surface area contributed by atoms with E-state index >= 15 is 0 Å². The van der Waals surface area contributed by atoms with Crippen LogP contribution < -0.4 is 5.32 Å². The van der Waals surface area contributed by atoms with Crippen molar-refractivity contribution in [2.75, 3.05) is 26.7 Å². The summed E-state index contributed by atoms with van der Waals surface area (Å²) < 4.78 is 5.91. The quantitative estimate of drug-likeness (QED) is 0.907. The van der Waals surface area contributed by atoms with Crippen molar-refractivity contribution in [3.05, 3.63) is 15.6 Å². The summed E-state index contributed by atoms with van der Waals surface area (Å²) in [6, 6.07) is 0. The van der Waals surface area contributed by atoms with Crippen LogP contribution in [-0.4, -0.2) is 42.2 Å². The molecule has 5 heteroatoms. The van der Waals surface area contributed by atoms with Gasteiger partial charge in [0.2, 0.25) is 0 Å². The van der Waals surface area contributed by atoms with E-state index < -0.39 is 0 Å². The van der Waals surface area contributed by atoms with Gasteiger partial charge < -0.3 is 15.0 Å². The standard InChI is InChI=1S/C16H29N3OS/c1-6-7-12-14(10-17-16(2,3)4)21-15(18-12)13-11-19(5)8-9-20-13/h13,17H,6-11H2,1-5H3. The van der Waals surface area contributed by atoms with Gasteiger partial charge in [0, 0.05) is 30.1 Å². The van der Waals surface area contributed by atoms with Crippen molar-refractivity contribution in [2.45, 2.75) is 58.7 Å². The minimum Gasteiger partial charge on any atom is -0.368 e. The smallest absolute Gasteiger partial charge is 0.123 e. The average Bonchev–Trinajstić information content (AvgIpc) is 2.79. The highest BCUT2D eigenvalue weighted by Gasteiger charge is 2.24. The topological polar surface area (TPSA) is 37.4 Å². The molecule has 0 spiro atoms. The van der Waals surface area contributed by atoms with Crippen LogP contribution in [0.2, 0.25) is 0 Å². The van der Waals surface area contributed by atoms with E-state index in [-0.39, 0.29) is 11.6 Å². The van der Waals surface area contributed by atoms with E-state index in [1.54, 1.807) is 0 Å². The molecule has 0 saturated carbocycles. The van der Waals surface area contributed by atoms with E-state index in [9.17, 15) is 0 Å². The molecular weight excluding hydrogens is 282 g/mol. The summed E-state index contributed by atoms with van der Waals surface area (Å²) in [6.45, 7) is 12.5. The number of aryl methyl sites for hydroxylation is 1. The first-order valence-corrected chi connectivity index (χ1v) is 8.74. The van der Waals surface area contributed by atoms with Crippen LogP contribution in [0.1, 0.15) is 55.8 Å². The van der Waals surface area contributed by atoms with Crippen LogP contribution in [0.5, 0.6) is 0 Å². The van der Waals surface area contributed by atoms with Crippen LogP contribution in [0, 0.1) is 0 Å². The maximum Gasteiger partial charge on any atom is 0.123 e. The molecule has 1 aliphatic heterocycles. The molecule has 0 aliphatic carbocycles. The van der Waals surface area contributed by atoms with Crippen LogP contribution in [0.3, 0.4) is 0 Å². The second-order valence-electron chi connectivity index (χ2n) is 6.90. The minimum absolute atomic E-state index is 0.134. The Morgan fingerprint density at radius 1 is 1.43 bits per heavy atom. The third-order valence-electron chi connectivity index (χ3n) is 3.61. The van der Waals surface area contributed by atoms with Crippen LogP contribution >= 0.6 is 11.3 Å². The molecule has 2 rings (SSSR count). The lowest BCUT2D eigenvalue weighted by Crippen LogP contribution is -2.35. The number of aromatic nitrogens is 1. The number of hydrogen-bond acceptors (Lipinski definition) is 5. The molecule has 120 valence electrons. The van der Waals surface area contributed by atoms with Crippen molar-refractivity contribution in [2.24, 2.45) is 0 Å². The Kier molecular flexibility index (Phi) is 5.77. The zero-order valence-corrected chi connectivity index (χ0v) is 14.8. The monoisotopic (exact) mass is 311 g/mol. The van der Waals surface area contributed by atoms with Gasteiger partial charge in [-0.25, -0.2) is 4.98 Å². The molecule has 4 nitrogen and oxygen atoms in total. The molecule has 21 heavy (non-hydrogen) atoms. The highest BCUT2D eigenvalue weighted by molar-refractivity contribution is 7.11. The van der Waals surface area contributed by atoms with Gasteiger partial charge in [0.1, 0.15) is 11.1 Å². The number of ether oxygens (including phenoxy) is 1. The number of hydrogen-bond donors (Lipinski definition) is 1. The molecule has 0 aromatic carbocycles. The number of nitrogens with zero attached hydrogens (tertiary/aromatic N) is 2. The Morgan fingerprint density at radius 2 is 2.19 bits per heavy atom. The predicted molar refractivity (Wildman–Crippen MR) is 88.9 cm³/mol. The second kappa shape index (κ2) is 7.18. The van der Waals surface area contributed by atoms with Gasteiger partial charge in [-0.15, -0.1) is 11.3 Å². The molecule has 1 atom stereocenters. The fourth-order valence-corrected chi connectivity index (χ4v) is 3.48. The fraction of sp³-hybridized carbons (Fsp3) is 0.812.